The highest BCUT2D eigenvalue weighted by Gasteiger charge is 2.33. The van der Waals surface area contributed by atoms with Gasteiger partial charge in [-0.1, -0.05) is 28.1 Å². The zero-order valence-electron chi connectivity index (χ0n) is 10.6. The van der Waals surface area contributed by atoms with E-state index in [0.29, 0.717) is 12.0 Å². The van der Waals surface area contributed by atoms with E-state index >= 15 is 0 Å². The van der Waals surface area contributed by atoms with Crippen LogP contribution in [0.5, 0.6) is 0 Å². The van der Waals surface area contributed by atoms with Crippen LogP contribution in [0.25, 0.3) is 0 Å². The largest absolute Gasteiger partial charge is 0.370 e. The van der Waals surface area contributed by atoms with Gasteiger partial charge in [0.1, 0.15) is 0 Å². The lowest BCUT2D eigenvalue weighted by atomic mass is 10.0. The van der Waals surface area contributed by atoms with Crippen molar-refractivity contribution in [1.29, 1.82) is 0 Å². The molecule has 1 aliphatic heterocycles. The van der Waals surface area contributed by atoms with Crippen molar-refractivity contribution in [2.45, 2.75) is 25.8 Å². The maximum atomic E-state index is 6.02. The van der Waals surface area contributed by atoms with Crippen LogP contribution in [0.4, 0.5) is 0 Å². The molecule has 18 heavy (non-hydrogen) atoms. The second-order valence-corrected chi connectivity index (χ2v) is 6.17. The first-order valence-corrected chi connectivity index (χ1v) is 7.27. The third-order valence-corrected chi connectivity index (χ3v) is 4.71. The fourth-order valence-corrected chi connectivity index (χ4v) is 2.74. The van der Waals surface area contributed by atoms with E-state index in [9.17, 15) is 0 Å². The molecule has 2 N–H and O–H groups in total. The Hall–Kier alpha value is -1.03. The SMILES string of the molecule is Cc1cc(C2CN=C(N)N2CC2CC2)ccc1Br. The van der Waals surface area contributed by atoms with Crippen molar-refractivity contribution in [3.63, 3.8) is 0 Å². The van der Waals surface area contributed by atoms with Crippen LogP contribution in [0, 0.1) is 12.8 Å². The number of aliphatic imine (C=N–C) groups is 1. The lowest BCUT2D eigenvalue weighted by Crippen LogP contribution is -2.37. The molecular formula is C14H18BrN3. The van der Waals surface area contributed by atoms with Gasteiger partial charge in [0.05, 0.1) is 12.6 Å². The highest BCUT2D eigenvalue weighted by Crippen LogP contribution is 2.35. The highest BCUT2D eigenvalue weighted by molar-refractivity contribution is 9.10. The fraction of sp³-hybridized carbons (Fsp3) is 0.500. The molecule has 3 nitrogen and oxygen atoms in total. The smallest absolute Gasteiger partial charge is 0.191 e. The number of hydrogen-bond acceptors (Lipinski definition) is 3. The van der Waals surface area contributed by atoms with Crippen molar-refractivity contribution in [1.82, 2.24) is 4.90 Å². The van der Waals surface area contributed by atoms with Crippen LogP contribution in [-0.4, -0.2) is 23.9 Å². The van der Waals surface area contributed by atoms with Crippen LogP contribution in [0.15, 0.2) is 27.7 Å². The normalized spacial score (nSPS) is 23.3. The Bertz CT molecular complexity index is 494. The number of aryl methyl sites for hydroxylation is 1. The molecule has 2 aliphatic rings. The third-order valence-electron chi connectivity index (χ3n) is 3.82. The van der Waals surface area contributed by atoms with Gasteiger partial charge in [-0.2, -0.15) is 0 Å². The van der Waals surface area contributed by atoms with Gasteiger partial charge >= 0.3 is 0 Å². The van der Waals surface area contributed by atoms with Crippen LogP contribution in [-0.2, 0) is 0 Å². The molecule has 0 amide bonds. The molecular weight excluding hydrogens is 290 g/mol. The van der Waals surface area contributed by atoms with E-state index < -0.39 is 0 Å². The van der Waals surface area contributed by atoms with Crippen molar-refractivity contribution >= 4 is 21.9 Å². The van der Waals surface area contributed by atoms with Crippen LogP contribution in [0.1, 0.15) is 30.0 Å². The summed E-state index contributed by atoms with van der Waals surface area (Å²) < 4.78 is 1.16. The van der Waals surface area contributed by atoms with E-state index in [4.69, 9.17) is 5.73 Å². The third kappa shape index (κ3) is 2.26. The molecule has 4 heteroatoms. The van der Waals surface area contributed by atoms with Gasteiger partial charge in [0.25, 0.3) is 0 Å². The Morgan fingerprint density at radius 1 is 1.44 bits per heavy atom. The summed E-state index contributed by atoms with van der Waals surface area (Å²) in [6.07, 6.45) is 2.69. The zero-order chi connectivity index (χ0) is 12.7. The van der Waals surface area contributed by atoms with E-state index in [2.05, 4.69) is 50.9 Å². The molecule has 1 aromatic carbocycles. The first-order valence-electron chi connectivity index (χ1n) is 6.48. The number of rotatable bonds is 3. The molecule has 0 radical (unpaired) electrons. The monoisotopic (exact) mass is 307 g/mol. The molecule has 0 spiro atoms. The summed E-state index contributed by atoms with van der Waals surface area (Å²) in [5.41, 5.74) is 8.61. The molecule has 0 saturated heterocycles. The van der Waals surface area contributed by atoms with E-state index in [-0.39, 0.29) is 0 Å². The summed E-state index contributed by atoms with van der Waals surface area (Å²) in [6, 6.07) is 6.87. The van der Waals surface area contributed by atoms with Gasteiger partial charge in [-0.05, 0) is 42.9 Å². The minimum Gasteiger partial charge on any atom is -0.370 e. The maximum absolute atomic E-state index is 6.02. The average molecular weight is 308 g/mol. The van der Waals surface area contributed by atoms with Crippen LogP contribution >= 0.6 is 15.9 Å². The number of hydrogen-bond donors (Lipinski definition) is 1. The summed E-state index contributed by atoms with van der Waals surface area (Å²) in [5.74, 6) is 1.54. The molecule has 0 aromatic heterocycles. The molecule has 1 fully saturated rings. The summed E-state index contributed by atoms with van der Waals surface area (Å²) in [7, 11) is 0. The maximum Gasteiger partial charge on any atom is 0.191 e. The summed E-state index contributed by atoms with van der Waals surface area (Å²) in [4.78, 5) is 6.70. The molecule has 3 rings (SSSR count). The molecule has 1 unspecified atom stereocenters. The first kappa shape index (κ1) is 12.0. The lowest BCUT2D eigenvalue weighted by molar-refractivity contribution is 0.333. The molecule has 1 atom stereocenters. The average Bonchev–Trinajstić information content (AvgIpc) is 3.09. The minimum absolute atomic E-state index is 0.331. The van der Waals surface area contributed by atoms with Crippen molar-refractivity contribution < 1.29 is 0 Å². The van der Waals surface area contributed by atoms with Crippen molar-refractivity contribution in [3.05, 3.63) is 33.8 Å². The Kier molecular flexibility index (Phi) is 3.06. The second kappa shape index (κ2) is 4.57. The van der Waals surface area contributed by atoms with E-state index in [1.165, 1.54) is 24.0 Å². The molecule has 1 heterocycles. The number of benzene rings is 1. The predicted octanol–water partition coefficient (Wildman–Crippen LogP) is 2.84. The Morgan fingerprint density at radius 2 is 2.22 bits per heavy atom. The minimum atomic E-state index is 0.331. The van der Waals surface area contributed by atoms with Crippen LogP contribution < -0.4 is 5.73 Å². The summed E-state index contributed by atoms with van der Waals surface area (Å²) in [5, 5.41) is 0. The van der Waals surface area contributed by atoms with Gasteiger partial charge in [-0.15, -0.1) is 0 Å². The number of nitrogens with two attached hydrogens (primary N) is 1. The van der Waals surface area contributed by atoms with Gasteiger partial charge in [-0.25, -0.2) is 0 Å². The van der Waals surface area contributed by atoms with Gasteiger partial charge in [0, 0.05) is 11.0 Å². The molecule has 1 aliphatic carbocycles. The molecule has 1 aromatic rings. The highest BCUT2D eigenvalue weighted by atomic mass is 79.9. The van der Waals surface area contributed by atoms with E-state index in [1.54, 1.807) is 0 Å². The van der Waals surface area contributed by atoms with Crippen molar-refractivity contribution in [2.75, 3.05) is 13.1 Å². The predicted molar refractivity (Wildman–Crippen MR) is 77.5 cm³/mol. The van der Waals surface area contributed by atoms with Gasteiger partial charge in [0.15, 0.2) is 5.96 Å². The summed E-state index contributed by atoms with van der Waals surface area (Å²) >= 11 is 3.55. The number of halogens is 1. The lowest BCUT2D eigenvalue weighted by Gasteiger charge is -2.27. The Labute approximate surface area is 116 Å². The first-order chi connectivity index (χ1) is 8.65. The van der Waals surface area contributed by atoms with Gasteiger partial charge in [-0.3, -0.25) is 4.99 Å². The van der Waals surface area contributed by atoms with Gasteiger partial charge < -0.3 is 10.6 Å². The standard InChI is InChI=1S/C14H18BrN3/c1-9-6-11(4-5-12(9)15)13-7-17-14(16)18(13)8-10-2-3-10/h4-6,10,13H,2-3,7-8H2,1H3,(H2,16,17). The van der Waals surface area contributed by atoms with E-state index in [1.807, 2.05) is 0 Å². The van der Waals surface area contributed by atoms with Crippen molar-refractivity contribution in [3.8, 4) is 0 Å². The topological polar surface area (TPSA) is 41.6 Å². The fourth-order valence-electron chi connectivity index (χ4n) is 2.49. The zero-order valence-corrected chi connectivity index (χ0v) is 12.2. The van der Waals surface area contributed by atoms with E-state index in [0.717, 1.165) is 23.5 Å². The molecule has 96 valence electrons. The second-order valence-electron chi connectivity index (χ2n) is 5.32. The van der Waals surface area contributed by atoms with Crippen molar-refractivity contribution in [2.24, 2.45) is 16.6 Å². The quantitative estimate of drug-likeness (QED) is 0.933. The Balaban J connectivity index is 1.83. The number of guanidine groups is 1. The molecule has 0 bridgehead atoms. The molecule has 1 saturated carbocycles. The number of nitrogens with zero attached hydrogens (tertiary/aromatic N) is 2. The Morgan fingerprint density at radius 3 is 2.89 bits per heavy atom. The van der Waals surface area contributed by atoms with Gasteiger partial charge in [0.2, 0.25) is 0 Å². The summed E-state index contributed by atoms with van der Waals surface area (Å²) in [6.45, 7) is 3.98. The van der Waals surface area contributed by atoms with Crippen LogP contribution in [0.2, 0.25) is 0 Å². The van der Waals surface area contributed by atoms with Crippen LogP contribution in [0.3, 0.4) is 0 Å².